The smallest absolute Gasteiger partial charge is 0.126 e. The van der Waals surface area contributed by atoms with Gasteiger partial charge in [0, 0.05) is 0 Å². The second-order valence-corrected chi connectivity index (χ2v) is 6.18. The Morgan fingerprint density at radius 1 is 1.12 bits per heavy atom. The summed E-state index contributed by atoms with van der Waals surface area (Å²) < 4.78 is 27.1. The lowest BCUT2D eigenvalue weighted by atomic mass is 9.72. The fourth-order valence-corrected chi connectivity index (χ4v) is 3.17. The molecular formula is C15H20F2. The van der Waals surface area contributed by atoms with Gasteiger partial charge in [-0.05, 0) is 53.9 Å². The van der Waals surface area contributed by atoms with Gasteiger partial charge in [-0.25, -0.2) is 8.78 Å². The lowest BCUT2D eigenvalue weighted by molar-refractivity contribution is 0.221. The molecular weight excluding hydrogens is 218 g/mol. The molecule has 1 aliphatic carbocycles. The summed E-state index contributed by atoms with van der Waals surface area (Å²) in [6, 6.07) is 3.83. The van der Waals surface area contributed by atoms with Crippen molar-refractivity contribution >= 4 is 0 Å². The van der Waals surface area contributed by atoms with E-state index in [2.05, 4.69) is 20.8 Å². The van der Waals surface area contributed by atoms with Gasteiger partial charge >= 0.3 is 0 Å². The highest BCUT2D eigenvalue weighted by Gasteiger charge is 2.37. The molecule has 94 valence electrons. The number of hydrogen-bond acceptors (Lipinski definition) is 0. The summed E-state index contributed by atoms with van der Waals surface area (Å²) in [5.74, 6) is 0.0259. The Labute approximate surface area is 102 Å². The molecule has 0 saturated heterocycles. The summed E-state index contributed by atoms with van der Waals surface area (Å²) in [4.78, 5) is 0. The molecule has 2 heteroatoms. The van der Waals surface area contributed by atoms with Crippen molar-refractivity contribution in [1.82, 2.24) is 0 Å². The van der Waals surface area contributed by atoms with Gasteiger partial charge in [0.1, 0.15) is 11.6 Å². The first-order chi connectivity index (χ1) is 7.89. The van der Waals surface area contributed by atoms with Crippen LogP contribution in [-0.4, -0.2) is 0 Å². The molecule has 0 N–H and O–H groups in total. The van der Waals surface area contributed by atoms with Gasteiger partial charge in [-0.1, -0.05) is 27.2 Å². The summed E-state index contributed by atoms with van der Waals surface area (Å²) in [6.07, 6.45) is 3.20. The van der Waals surface area contributed by atoms with Gasteiger partial charge in [-0.3, -0.25) is 0 Å². The van der Waals surface area contributed by atoms with Crippen molar-refractivity contribution in [3.63, 3.8) is 0 Å². The zero-order chi connectivity index (χ0) is 12.6. The Bertz CT molecular complexity index is 404. The summed E-state index contributed by atoms with van der Waals surface area (Å²) in [7, 11) is 0. The second kappa shape index (κ2) is 4.40. The quantitative estimate of drug-likeness (QED) is 0.653. The predicted octanol–water partition coefficient (Wildman–Crippen LogP) is 4.89. The maximum Gasteiger partial charge on any atom is 0.126 e. The van der Waals surface area contributed by atoms with E-state index < -0.39 is 0 Å². The van der Waals surface area contributed by atoms with E-state index in [1.54, 1.807) is 0 Å². The largest absolute Gasteiger partial charge is 0.207 e. The molecule has 1 aromatic carbocycles. The van der Waals surface area contributed by atoms with Gasteiger partial charge < -0.3 is 0 Å². The predicted molar refractivity (Wildman–Crippen MR) is 65.9 cm³/mol. The number of benzene rings is 1. The summed E-state index contributed by atoms with van der Waals surface area (Å²) in [5, 5.41) is 0. The summed E-state index contributed by atoms with van der Waals surface area (Å²) in [6.45, 7) is 6.56. The van der Waals surface area contributed by atoms with Crippen LogP contribution in [0.4, 0.5) is 8.78 Å². The average molecular weight is 238 g/mol. The van der Waals surface area contributed by atoms with E-state index >= 15 is 0 Å². The van der Waals surface area contributed by atoms with E-state index in [0.29, 0.717) is 11.5 Å². The fourth-order valence-electron chi connectivity index (χ4n) is 3.17. The van der Waals surface area contributed by atoms with Crippen molar-refractivity contribution in [3.05, 3.63) is 35.4 Å². The van der Waals surface area contributed by atoms with Gasteiger partial charge in [0.05, 0.1) is 0 Å². The molecule has 1 aliphatic rings. The van der Waals surface area contributed by atoms with Crippen LogP contribution in [0.15, 0.2) is 18.2 Å². The molecule has 17 heavy (non-hydrogen) atoms. The van der Waals surface area contributed by atoms with Crippen LogP contribution in [0, 0.1) is 23.0 Å². The van der Waals surface area contributed by atoms with Crippen molar-refractivity contribution < 1.29 is 8.78 Å². The Balaban J connectivity index is 2.35. The van der Waals surface area contributed by atoms with Crippen molar-refractivity contribution in [2.75, 3.05) is 0 Å². The third-order valence-electron chi connectivity index (χ3n) is 3.99. The SMILES string of the molecule is CC(C)(C)C1CCCC1c1cc(F)ccc1F. The molecule has 2 rings (SSSR count). The Morgan fingerprint density at radius 2 is 1.82 bits per heavy atom. The normalized spacial score (nSPS) is 25.2. The van der Waals surface area contributed by atoms with Gasteiger partial charge in [0.25, 0.3) is 0 Å². The lowest BCUT2D eigenvalue weighted by Gasteiger charge is -2.32. The highest BCUT2D eigenvalue weighted by atomic mass is 19.1. The number of rotatable bonds is 1. The molecule has 2 unspecified atom stereocenters. The van der Waals surface area contributed by atoms with E-state index in [1.807, 2.05) is 0 Å². The Morgan fingerprint density at radius 3 is 2.47 bits per heavy atom. The minimum absolute atomic E-state index is 0.153. The average Bonchev–Trinajstić information content (AvgIpc) is 2.69. The summed E-state index contributed by atoms with van der Waals surface area (Å²) >= 11 is 0. The molecule has 0 radical (unpaired) electrons. The topological polar surface area (TPSA) is 0 Å². The standard InChI is InChI=1S/C15H20F2/c1-15(2,3)13-6-4-5-11(13)12-9-10(16)7-8-14(12)17/h7-9,11,13H,4-6H2,1-3H3. The van der Waals surface area contributed by atoms with Crippen molar-refractivity contribution in [2.45, 2.75) is 46.0 Å². The molecule has 0 bridgehead atoms. The molecule has 1 aromatic rings. The van der Waals surface area contributed by atoms with E-state index in [1.165, 1.54) is 18.2 Å². The molecule has 0 amide bonds. The monoisotopic (exact) mass is 238 g/mol. The fraction of sp³-hybridized carbons (Fsp3) is 0.600. The zero-order valence-electron chi connectivity index (χ0n) is 10.8. The van der Waals surface area contributed by atoms with E-state index in [0.717, 1.165) is 19.3 Å². The first-order valence-corrected chi connectivity index (χ1v) is 6.34. The van der Waals surface area contributed by atoms with Gasteiger partial charge in [0.15, 0.2) is 0 Å². The van der Waals surface area contributed by atoms with Crippen LogP contribution in [0.5, 0.6) is 0 Å². The van der Waals surface area contributed by atoms with Crippen LogP contribution in [0.3, 0.4) is 0 Å². The second-order valence-electron chi connectivity index (χ2n) is 6.18. The maximum atomic E-state index is 13.8. The molecule has 1 saturated carbocycles. The third-order valence-corrected chi connectivity index (χ3v) is 3.99. The van der Waals surface area contributed by atoms with Crippen LogP contribution < -0.4 is 0 Å². The molecule has 0 aromatic heterocycles. The van der Waals surface area contributed by atoms with Crippen LogP contribution in [-0.2, 0) is 0 Å². The molecule has 0 heterocycles. The molecule has 1 fully saturated rings. The highest BCUT2D eigenvalue weighted by molar-refractivity contribution is 5.25. The van der Waals surface area contributed by atoms with Crippen LogP contribution in [0.1, 0.15) is 51.5 Å². The van der Waals surface area contributed by atoms with Crippen LogP contribution in [0.25, 0.3) is 0 Å². The number of halogens is 2. The lowest BCUT2D eigenvalue weighted by Crippen LogP contribution is -2.23. The van der Waals surface area contributed by atoms with Crippen LogP contribution >= 0.6 is 0 Å². The molecule has 2 atom stereocenters. The first-order valence-electron chi connectivity index (χ1n) is 6.34. The minimum Gasteiger partial charge on any atom is -0.207 e. The first kappa shape index (κ1) is 12.5. The maximum absolute atomic E-state index is 13.8. The van der Waals surface area contributed by atoms with Gasteiger partial charge in [0.2, 0.25) is 0 Å². The zero-order valence-corrected chi connectivity index (χ0v) is 10.8. The Hall–Kier alpha value is -0.920. The Kier molecular flexibility index (Phi) is 3.24. The third kappa shape index (κ3) is 2.51. The molecule has 0 aliphatic heterocycles. The highest BCUT2D eigenvalue weighted by Crippen LogP contribution is 2.49. The number of hydrogen-bond donors (Lipinski definition) is 0. The van der Waals surface area contributed by atoms with E-state index in [9.17, 15) is 8.78 Å². The minimum atomic E-state index is -0.332. The molecule has 0 nitrogen and oxygen atoms in total. The van der Waals surface area contributed by atoms with Gasteiger partial charge in [-0.2, -0.15) is 0 Å². The van der Waals surface area contributed by atoms with Crippen molar-refractivity contribution in [2.24, 2.45) is 11.3 Å². The molecule has 0 spiro atoms. The van der Waals surface area contributed by atoms with Crippen LogP contribution in [0.2, 0.25) is 0 Å². The van der Waals surface area contributed by atoms with Gasteiger partial charge in [-0.15, -0.1) is 0 Å². The van der Waals surface area contributed by atoms with E-state index in [-0.39, 0.29) is 23.0 Å². The van der Waals surface area contributed by atoms with Crippen molar-refractivity contribution in [3.8, 4) is 0 Å². The summed E-state index contributed by atoms with van der Waals surface area (Å²) in [5.41, 5.74) is 0.724. The van der Waals surface area contributed by atoms with E-state index in [4.69, 9.17) is 0 Å². The van der Waals surface area contributed by atoms with Crippen molar-refractivity contribution in [1.29, 1.82) is 0 Å².